The van der Waals surface area contributed by atoms with Crippen molar-refractivity contribution < 1.29 is 26.6 Å². The highest BCUT2D eigenvalue weighted by atomic mass is 32.2. The monoisotopic (exact) mass is 302 g/mol. The number of rotatable bonds is 6. The molecular formula is C10H23O6PS. The molecule has 1 aliphatic rings. The maximum Gasteiger partial charge on any atom is 0.474 e. The van der Waals surface area contributed by atoms with Crippen molar-refractivity contribution in [2.45, 2.75) is 33.6 Å². The summed E-state index contributed by atoms with van der Waals surface area (Å²) in [6.45, 7) is 6.21. The van der Waals surface area contributed by atoms with Crippen LogP contribution in [-0.2, 0) is 28.0 Å². The lowest BCUT2D eigenvalue weighted by Crippen LogP contribution is -1.99. The predicted molar refractivity (Wildman–Crippen MR) is 70.4 cm³/mol. The van der Waals surface area contributed by atoms with E-state index < -0.39 is 17.7 Å². The Kier molecular flexibility index (Phi) is 9.07. The highest BCUT2D eigenvalue weighted by Crippen LogP contribution is 2.48. The van der Waals surface area contributed by atoms with Crippen LogP contribution in [0.5, 0.6) is 0 Å². The van der Waals surface area contributed by atoms with Crippen LogP contribution in [0.25, 0.3) is 0 Å². The largest absolute Gasteiger partial charge is 0.474 e. The summed E-state index contributed by atoms with van der Waals surface area (Å²) in [5, 5.41) is 0. The Labute approximate surface area is 110 Å². The second-order valence-corrected chi connectivity index (χ2v) is 7.53. The fourth-order valence-electron chi connectivity index (χ4n) is 1.33. The summed E-state index contributed by atoms with van der Waals surface area (Å²) < 4.78 is 46.7. The maximum atomic E-state index is 11.3. The molecule has 1 fully saturated rings. The van der Waals surface area contributed by atoms with E-state index in [0.717, 1.165) is 12.8 Å². The summed E-state index contributed by atoms with van der Waals surface area (Å²) in [5.74, 6) is 0.847. The quantitative estimate of drug-likeness (QED) is 0.701. The fraction of sp³-hybridized carbons (Fsp3) is 1.00. The van der Waals surface area contributed by atoms with E-state index in [1.807, 2.05) is 0 Å². The molecule has 0 aliphatic carbocycles. The van der Waals surface area contributed by atoms with E-state index in [0.29, 0.717) is 31.3 Å². The Morgan fingerprint density at radius 2 is 1.22 bits per heavy atom. The first-order valence-corrected chi connectivity index (χ1v) is 9.41. The minimum absolute atomic E-state index is 0.331. The van der Waals surface area contributed by atoms with E-state index in [1.54, 1.807) is 20.8 Å². The van der Waals surface area contributed by atoms with E-state index >= 15 is 0 Å². The lowest BCUT2D eigenvalue weighted by Gasteiger charge is -2.14. The van der Waals surface area contributed by atoms with Gasteiger partial charge >= 0.3 is 7.82 Å². The molecule has 0 bridgehead atoms. The molecule has 0 aromatic heterocycles. The molecule has 0 radical (unpaired) electrons. The highest BCUT2D eigenvalue weighted by Gasteiger charge is 2.23. The average molecular weight is 302 g/mol. The zero-order valence-corrected chi connectivity index (χ0v) is 13.0. The molecule has 110 valence electrons. The van der Waals surface area contributed by atoms with Crippen molar-refractivity contribution in [3.63, 3.8) is 0 Å². The lowest BCUT2D eigenvalue weighted by atomic mass is 10.4. The molecular weight excluding hydrogens is 279 g/mol. The molecule has 18 heavy (non-hydrogen) atoms. The molecule has 1 aliphatic heterocycles. The van der Waals surface area contributed by atoms with Crippen LogP contribution in [0, 0.1) is 0 Å². The summed E-state index contributed by atoms with van der Waals surface area (Å²) in [5.41, 5.74) is 0. The van der Waals surface area contributed by atoms with Crippen LogP contribution in [0.2, 0.25) is 0 Å². The minimum atomic E-state index is -3.22. The summed E-state index contributed by atoms with van der Waals surface area (Å²) in [4.78, 5) is 0. The fourth-order valence-corrected chi connectivity index (χ4v) is 4.00. The van der Waals surface area contributed by atoms with E-state index in [2.05, 4.69) is 0 Å². The molecule has 0 spiro atoms. The third-order valence-corrected chi connectivity index (χ3v) is 5.57. The Morgan fingerprint density at radius 3 is 1.39 bits per heavy atom. The predicted octanol–water partition coefficient (Wildman–Crippen LogP) is 2.40. The van der Waals surface area contributed by atoms with Crippen molar-refractivity contribution in [3.05, 3.63) is 0 Å². The first-order valence-electron chi connectivity index (χ1n) is 6.13. The van der Waals surface area contributed by atoms with Gasteiger partial charge in [-0.1, -0.05) is 0 Å². The lowest BCUT2D eigenvalue weighted by molar-refractivity contribution is 0.126. The van der Waals surface area contributed by atoms with Crippen molar-refractivity contribution in [1.29, 1.82) is 0 Å². The van der Waals surface area contributed by atoms with Crippen molar-refractivity contribution in [2.75, 3.05) is 31.3 Å². The first-order chi connectivity index (χ1) is 8.39. The van der Waals surface area contributed by atoms with Gasteiger partial charge in [0.2, 0.25) is 0 Å². The van der Waals surface area contributed by atoms with Gasteiger partial charge in [0.25, 0.3) is 0 Å². The van der Waals surface area contributed by atoms with Gasteiger partial charge in [-0.3, -0.25) is 13.6 Å². The Morgan fingerprint density at radius 1 is 0.889 bits per heavy atom. The normalized spacial score (nSPS) is 18.2. The van der Waals surface area contributed by atoms with Gasteiger partial charge in [-0.05, 0) is 33.6 Å². The summed E-state index contributed by atoms with van der Waals surface area (Å²) >= 11 is 0. The average Bonchev–Trinajstić information content (AvgIpc) is 2.64. The Balaban J connectivity index is 0.000000351. The van der Waals surface area contributed by atoms with Gasteiger partial charge in [-0.2, -0.15) is 0 Å². The van der Waals surface area contributed by atoms with Crippen LogP contribution >= 0.6 is 7.82 Å². The smallest absolute Gasteiger partial charge is 0.287 e. The van der Waals surface area contributed by atoms with E-state index in [-0.39, 0.29) is 0 Å². The third kappa shape index (κ3) is 8.21. The standard InChI is InChI=1S/C6H15O4P.C4H8O2S/c1-4-8-11(7,9-5-2)10-6-3;5-7(6)3-1-2-4-7/h4-6H2,1-3H3;1-4H2. The van der Waals surface area contributed by atoms with Crippen molar-refractivity contribution in [1.82, 2.24) is 0 Å². The van der Waals surface area contributed by atoms with Crippen LogP contribution < -0.4 is 0 Å². The number of phosphoric ester groups is 1. The van der Waals surface area contributed by atoms with Crippen LogP contribution in [-0.4, -0.2) is 39.7 Å². The highest BCUT2D eigenvalue weighted by molar-refractivity contribution is 7.91. The number of hydrogen-bond acceptors (Lipinski definition) is 6. The SMILES string of the molecule is CCOP(=O)(OCC)OCC.O=S1(=O)CCCC1. The molecule has 1 rings (SSSR count). The van der Waals surface area contributed by atoms with E-state index in [1.165, 1.54) is 0 Å². The van der Waals surface area contributed by atoms with Crippen molar-refractivity contribution in [2.24, 2.45) is 0 Å². The minimum Gasteiger partial charge on any atom is -0.287 e. The number of phosphoric acid groups is 1. The zero-order valence-electron chi connectivity index (χ0n) is 11.3. The molecule has 0 aromatic rings. The van der Waals surface area contributed by atoms with Gasteiger partial charge < -0.3 is 0 Å². The molecule has 1 saturated heterocycles. The second kappa shape index (κ2) is 9.04. The zero-order chi connectivity index (χ0) is 14.1. The van der Waals surface area contributed by atoms with Gasteiger partial charge in [0, 0.05) is 0 Å². The molecule has 6 nitrogen and oxygen atoms in total. The van der Waals surface area contributed by atoms with Gasteiger partial charge in [0.1, 0.15) is 9.84 Å². The Bertz CT molecular complexity index is 318. The molecule has 8 heteroatoms. The molecule has 0 atom stereocenters. The number of sulfone groups is 1. The molecule has 0 unspecified atom stereocenters. The third-order valence-electron chi connectivity index (χ3n) is 2.02. The summed E-state index contributed by atoms with van der Waals surface area (Å²) in [7, 11) is -5.77. The molecule has 0 N–H and O–H groups in total. The van der Waals surface area contributed by atoms with Gasteiger partial charge in [0.15, 0.2) is 0 Å². The molecule has 0 saturated carbocycles. The summed E-state index contributed by atoms with van der Waals surface area (Å²) in [6.07, 6.45) is 1.75. The van der Waals surface area contributed by atoms with E-state index in [4.69, 9.17) is 13.6 Å². The van der Waals surface area contributed by atoms with Crippen LogP contribution in [0.1, 0.15) is 33.6 Å². The van der Waals surface area contributed by atoms with Gasteiger partial charge in [-0.15, -0.1) is 0 Å². The van der Waals surface area contributed by atoms with Crippen molar-refractivity contribution in [3.8, 4) is 0 Å². The van der Waals surface area contributed by atoms with Gasteiger partial charge in [0.05, 0.1) is 31.3 Å². The van der Waals surface area contributed by atoms with Gasteiger partial charge in [-0.25, -0.2) is 13.0 Å². The Hall–Kier alpha value is 0.0600. The van der Waals surface area contributed by atoms with E-state index in [9.17, 15) is 13.0 Å². The summed E-state index contributed by atoms with van der Waals surface area (Å²) in [6, 6.07) is 0. The van der Waals surface area contributed by atoms with Crippen molar-refractivity contribution >= 4 is 17.7 Å². The van der Waals surface area contributed by atoms with Crippen LogP contribution in [0.15, 0.2) is 0 Å². The first kappa shape index (κ1) is 18.1. The van der Waals surface area contributed by atoms with Crippen LogP contribution in [0.4, 0.5) is 0 Å². The topological polar surface area (TPSA) is 78.9 Å². The number of hydrogen-bond donors (Lipinski definition) is 0. The molecule has 1 heterocycles. The molecule has 0 aromatic carbocycles. The molecule has 0 amide bonds. The second-order valence-electron chi connectivity index (χ2n) is 3.56. The maximum absolute atomic E-state index is 11.3. The van der Waals surface area contributed by atoms with Crippen LogP contribution in [0.3, 0.4) is 0 Å².